The average molecular weight is 271 g/mol. The Hall–Kier alpha value is -0.610. The SMILES string of the molecule is COCC(C(C)C)N1CCCC(C(C)CC(=O)O)C1. The van der Waals surface area contributed by atoms with Gasteiger partial charge < -0.3 is 9.84 Å². The molecule has 4 nitrogen and oxygen atoms in total. The number of likely N-dealkylation sites (tertiary alicyclic amines) is 1. The zero-order valence-electron chi connectivity index (χ0n) is 12.8. The molecule has 0 aromatic heterocycles. The maximum atomic E-state index is 10.8. The van der Waals surface area contributed by atoms with Crippen molar-refractivity contribution in [1.82, 2.24) is 4.90 Å². The molecule has 0 spiro atoms. The highest BCUT2D eigenvalue weighted by Gasteiger charge is 2.30. The number of rotatable bonds is 7. The first-order valence-corrected chi connectivity index (χ1v) is 7.40. The largest absolute Gasteiger partial charge is 0.481 e. The van der Waals surface area contributed by atoms with Crippen molar-refractivity contribution in [1.29, 1.82) is 0 Å². The summed E-state index contributed by atoms with van der Waals surface area (Å²) in [4.78, 5) is 13.3. The van der Waals surface area contributed by atoms with E-state index in [0.29, 0.717) is 17.9 Å². The minimum atomic E-state index is -0.679. The molecule has 1 aliphatic heterocycles. The summed E-state index contributed by atoms with van der Waals surface area (Å²) in [7, 11) is 1.75. The third kappa shape index (κ3) is 5.11. The molecule has 3 unspecified atom stereocenters. The normalized spacial score (nSPS) is 24.4. The first kappa shape index (κ1) is 16.4. The average Bonchev–Trinajstić information content (AvgIpc) is 2.35. The van der Waals surface area contributed by atoms with Crippen molar-refractivity contribution in [2.24, 2.45) is 17.8 Å². The highest BCUT2D eigenvalue weighted by Crippen LogP contribution is 2.28. The van der Waals surface area contributed by atoms with Gasteiger partial charge in [0, 0.05) is 26.1 Å². The van der Waals surface area contributed by atoms with E-state index in [1.54, 1.807) is 7.11 Å². The van der Waals surface area contributed by atoms with Crippen LogP contribution in [0.4, 0.5) is 0 Å². The van der Waals surface area contributed by atoms with E-state index in [1.165, 1.54) is 6.42 Å². The first-order chi connectivity index (χ1) is 8.95. The van der Waals surface area contributed by atoms with E-state index in [1.807, 2.05) is 0 Å². The van der Waals surface area contributed by atoms with Crippen LogP contribution in [0.1, 0.15) is 40.0 Å². The number of hydrogen-bond acceptors (Lipinski definition) is 3. The van der Waals surface area contributed by atoms with Crippen molar-refractivity contribution < 1.29 is 14.6 Å². The summed E-state index contributed by atoms with van der Waals surface area (Å²) in [5.74, 6) is 0.647. The molecule has 1 aliphatic rings. The highest BCUT2D eigenvalue weighted by atomic mass is 16.5. The Morgan fingerprint density at radius 3 is 2.63 bits per heavy atom. The zero-order chi connectivity index (χ0) is 14.4. The molecular weight excluding hydrogens is 242 g/mol. The predicted molar refractivity (Wildman–Crippen MR) is 76.2 cm³/mol. The standard InChI is InChI=1S/C15H29NO3/c1-11(2)14(10-19-4)16-7-5-6-13(9-16)12(3)8-15(17)18/h11-14H,5-10H2,1-4H3,(H,17,18). The van der Waals surface area contributed by atoms with Crippen LogP contribution in [0.15, 0.2) is 0 Å². The van der Waals surface area contributed by atoms with Gasteiger partial charge in [0.2, 0.25) is 0 Å². The molecule has 0 aliphatic carbocycles. The van der Waals surface area contributed by atoms with Crippen LogP contribution in [0.25, 0.3) is 0 Å². The van der Waals surface area contributed by atoms with Crippen LogP contribution in [0.3, 0.4) is 0 Å². The predicted octanol–water partition coefficient (Wildman–Crippen LogP) is 2.48. The lowest BCUT2D eigenvalue weighted by molar-refractivity contribution is -0.138. The van der Waals surface area contributed by atoms with Crippen LogP contribution in [-0.2, 0) is 9.53 Å². The Bertz CT molecular complexity index is 281. The first-order valence-electron chi connectivity index (χ1n) is 7.40. The van der Waals surface area contributed by atoms with Crippen molar-refractivity contribution in [3.63, 3.8) is 0 Å². The highest BCUT2D eigenvalue weighted by molar-refractivity contribution is 5.67. The van der Waals surface area contributed by atoms with Crippen molar-refractivity contribution in [3.05, 3.63) is 0 Å². The summed E-state index contributed by atoms with van der Waals surface area (Å²) in [6.45, 7) is 9.42. The molecule has 0 amide bonds. The number of carboxylic acids is 1. The van der Waals surface area contributed by atoms with Gasteiger partial charge in [-0.2, -0.15) is 0 Å². The van der Waals surface area contributed by atoms with Crippen molar-refractivity contribution in [2.75, 3.05) is 26.8 Å². The second-order valence-corrected chi connectivity index (χ2v) is 6.24. The summed E-state index contributed by atoms with van der Waals surface area (Å²) < 4.78 is 5.34. The van der Waals surface area contributed by atoms with E-state index in [4.69, 9.17) is 9.84 Å². The molecule has 0 aromatic carbocycles. The smallest absolute Gasteiger partial charge is 0.303 e. The quantitative estimate of drug-likeness (QED) is 0.773. The summed E-state index contributed by atoms with van der Waals surface area (Å²) in [6.07, 6.45) is 2.61. The molecule has 0 aromatic rings. The van der Waals surface area contributed by atoms with Gasteiger partial charge in [0.05, 0.1) is 6.61 Å². The van der Waals surface area contributed by atoms with E-state index in [-0.39, 0.29) is 12.3 Å². The molecule has 19 heavy (non-hydrogen) atoms. The van der Waals surface area contributed by atoms with Gasteiger partial charge in [0.1, 0.15) is 0 Å². The van der Waals surface area contributed by atoms with Crippen LogP contribution in [-0.4, -0.2) is 48.8 Å². The van der Waals surface area contributed by atoms with E-state index in [9.17, 15) is 4.79 Å². The van der Waals surface area contributed by atoms with Crippen molar-refractivity contribution >= 4 is 5.97 Å². The monoisotopic (exact) mass is 271 g/mol. The lowest BCUT2D eigenvalue weighted by Crippen LogP contribution is -2.48. The Balaban J connectivity index is 2.59. The van der Waals surface area contributed by atoms with Crippen molar-refractivity contribution in [3.8, 4) is 0 Å². The summed E-state index contributed by atoms with van der Waals surface area (Å²) in [6, 6.07) is 0.449. The molecule has 0 radical (unpaired) electrons. The van der Waals surface area contributed by atoms with Gasteiger partial charge in [0.25, 0.3) is 0 Å². The van der Waals surface area contributed by atoms with Gasteiger partial charge in [-0.15, -0.1) is 0 Å². The second kappa shape index (κ2) is 7.85. The molecule has 1 heterocycles. The number of carboxylic acid groups (broad SMARTS) is 1. The van der Waals surface area contributed by atoms with Gasteiger partial charge in [-0.3, -0.25) is 9.69 Å². The van der Waals surface area contributed by atoms with E-state index in [0.717, 1.165) is 26.1 Å². The Morgan fingerprint density at radius 2 is 2.11 bits per heavy atom. The number of ether oxygens (including phenoxy) is 1. The third-order valence-corrected chi connectivity index (χ3v) is 4.37. The molecule has 1 saturated heterocycles. The lowest BCUT2D eigenvalue weighted by Gasteiger charge is -2.41. The molecule has 112 valence electrons. The van der Waals surface area contributed by atoms with E-state index in [2.05, 4.69) is 25.7 Å². The number of piperidine rings is 1. The van der Waals surface area contributed by atoms with Crippen molar-refractivity contribution in [2.45, 2.75) is 46.1 Å². The van der Waals surface area contributed by atoms with E-state index >= 15 is 0 Å². The fraction of sp³-hybridized carbons (Fsp3) is 0.933. The maximum absolute atomic E-state index is 10.8. The Kier molecular flexibility index (Phi) is 6.80. The molecular formula is C15H29NO3. The summed E-state index contributed by atoms with van der Waals surface area (Å²) in [5, 5.41) is 8.93. The van der Waals surface area contributed by atoms with Crippen LogP contribution in [0, 0.1) is 17.8 Å². The molecule has 0 saturated carbocycles. The van der Waals surface area contributed by atoms with Crippen LogP contribution in [0.5, 0.6) is 0 Å². The molecule has 0 bridgehead atoms. The van der Waals surface area contributed by atoms with Gasteiger partial charge >= 0.3 is 5.97 Å². The summed E-state index contributed by atoms with van der Waals surface area (Å²) in [5.41, 5.74) is 0. The van der Waals surface area contributed by atoms with Gasteiger partial charge in [-0.05, 0) is 37.1 Å². The number of carbonyl (C=O) groups is 1. The molecule has 1 N–H and O–H groups in total. The molecule has 1 rings (SSSR count). The molecule has 3 atom stereocenters. The summed E-state index contributed by atoms with van der Waals surface area (Å²) >= 11 is 0. The fourth-order valence-electron chi connectivity index (χ4n) is 3.14. The van der Waals surface area contributed by atoms with Crippen LogP contribution in [0.2, 0.25) is 0 Å². The molecule has 1 fully saturated rings. The zero-order valence-corrected chi connectivity index (χ0v) is 12.8. The Labute approximate surface area is 117 Å². The molecule has 4 heteroatoms. The minimum absolute atomic E-state index is 0.260. The number of nitrogens with zero attached hydrogens (tertiary/aromatic N) is 1. The van der Waals surface area contributed by atoms with Gasteiger partial charge in [-0.25, -0.2) is 0 Å². The number of aliphatic carboxylic acids is 1. The third-order valence-electron chi connectivity index (χ3n) is 4.37. The number of methoxy groups -OCH3 is 1. The van der Waals surface area contributed by atoms with Gasteiger partial charge in [0.15, 0.2) is 0 Å². The Morgan fingerprint density at radius 1 is 1.42 bits per heavy atom. The van der Waals surface area contributed by atoms with Crippen LogP contribution >= 0.6 is 0 Å². The van der Waals surface area contributed by atoms with Crippen LogP contribution < -0.4 is 0 Å². The second-order valence-electron chi connectivity index (χ2n) is 6.24. The van der Waals surface area contributed by atoms with Gasteiger partial charge in [-0.1, -0.05) is 20.8 Å². The fourth-order valence-corrected chi connectivity index (χ4v) is 3.14. The number of hydrogen-bond donors (Lipinski definition) is 1. The maximum Gasteiger partial charge on any atom is 0.303 e. The topological polar surface area (TPSA) is 49.8 Å². The minimum Gasteiger partial charge on any atom is -0.481 e. The lowest BCUT2D eigenvalue weighted by atomic mass is 9.83. The van der Waals surface area contributed by atoms with E-state index < -0.39 is 5.97 Å².